The van der Waals surface area contributed by atoms with Crippen LogP contribution in [0, 0.1) is 5.41 Å². The molecule has 1 atom stereocenters. The van der Waals surface area contributed by atoms with Crippen molar-refractivity contribution in [3.05, 3.63) is 0 Å². The number of hydrogen-bond acceptors (Lipinski definition) is 5. The zero-order valence-electron chi connectivity index (χ0n) is 19.7. The number of aliphatic hydroxyl groups is 4. The molecule has 30 heavy (non-hydrogen) atoms. The molecule has 0 spiro atoms. The summed E-state index contributed by atoms with van der Waals surface area (Å²) in [6.07, 6.45) is 17.9. The molecule has 6 nitrogen and oxygen atoms in total. The van der Waals surface area contributed by atoms with E-state index in [0.717, 1.165) is 12.8 Å². The minimum Gasteiger partial charge on any atom is -0.479 e. The molecule has 0 amide bonds. The van der Waals surface area contributed by atoms with Gasteiger partial charge in [-0.05, 0) is 12.8 Å². The van der Waals surface area contributed by atoms with Crippen LogP contribution in [-0.4, -0.2) is 57.4 Å². The molecule has 0 aromatic carbocycles. The van der Waals surface area contributed by atoms with Crippen molar-refractivity contribution in [2.24, 2.45) is 5.41 Å². The molecule has 0 rings (SSSR count). The molecule has 0 heterocycles. The molecule has 182 valence electrons. The Labute approximate surface area is 184 Å². The van der Waals surface area contributed by atoms with E-state index in [-0.39, 0.29) is 19.8 Å². The Morgan fingerprint density at radius 1 is 0.667 bits per heavy atom. The second-order valence-electron chi connectivity index (χ2n) is 8.57. The van der Waals surface area contributed by atoms with Crippen molar-refractivity contribution in [1.82, 2.24) is 0 Å². The molecule has 0 aromatic rings. The second-order valence-corrected chi connectivity index (χ2v) is 8.57. The zero-order chi connectivity index (χ0) is 23.1. The Morgan fingerprint density at radius 3 is 1.23 bits per heavy atom. The molecule has 0 fully saturated rings. The molecule has 0 aliphatic heterocycles. The van der Waals surface area contributed by atoms with Gasteiger partial charge in [0.25, 0.3) is 0 Å². The topological polar surface area (TPSA) is 118 Å². The van der Waals surface area contributed by atoms with Crippen LogP contribution < -0.4 is 0 Å². The predicted molar refractivity (Wildman–Crippen MR) is 123 cm³/mol. The maximum atomic E-state index is 10.4. The van der Waals surface area contributed by atoms with Crippen LogP contribution in [0.15, 0.2) is 0 Å². The van der Waals surface area contributed by atoms with Gasteiger partial charge >= 0.3 is 5.97 Å². The lowest BCUT2D eigenvalue weighted by molar-refractivity contribution is -0.146. The first-order valence-corrected chi connectivity index (χ1v) is 12.2. The first-order valence-electron chi connectivity index (χ1n) is 12.2. The first-order chi connectivity index (χ1) is 14.4. The third kappa shape index (κ3) is 19.3. The Balaban J connectivity index is 0. The number of aliphatic carboxylic acids is 1. The van der Waals surface area contributed by atoms with Crippen LogP contribution in [0.25, 0.3) is 0 Å². The van der Waals surface area contributed by atoms with E-state index in [1.54, 1.807) is 0 Å². The van der Waals surface area contributed by atoms with Crippen LogP contribution in [0.4, 0.5) is 0 Å². The van der Waals surface area contributed by atoms with Crippen molar-refractivity contribution in [2.45, 2.75) is 123 Å². The van der Waals surface area contributed by atoms with Gasteiger partial charge in [-0.25, -0.2) is 4.79 Å². The van der Waals surface area contributed by atoms with Crippen molar-refractivity contribution >= 4 is 5.97 Å². The van der Waals surface area contributed by atoms with Crippen LogP contribution >= 0.6 is 0 Å². The quantitative estimate of drug-likeness (QED) is 0.178. The van der Waals surface area contributed by atoms with Gasteiger partial charge in [0.15, 0.2) is 6.10 Å². The number of unbranched alkanes of at least 4 members (excludes halogenated alkanes) is 13. The highest BCUT2D eigenvalue weighted by atomic mass is 16.4. The van der Waals surface area contributed by atoms with Crippen LogP contribution in [-0.2, 0) is 4.79 Å². The van der Waals surface area contributed by atoms with E-state index >= 15 is 0 Å². The van der Waals surface area contributed by atoms with Gasteiger partial charge in [-0.15, -0.1) is 0 Å². The number of rotatable bonds is 20. The smallest absolute Gasteiger partial charge is 0.332 e. The lowest BCUT2D eigenvalue weighted by Gasteiger charge is -2.24. The summed E-state index contributed by atoms with van der Waals surface area (Å²) in [5.41, 5.74) is -0.667. The third-order valence-electron chi connectivity index (χ3n) is 5.87. The molecule has 0 saturated carbocycles. The van der Waals surface area contributed by atoms with Crippen molar-refractivity contribution in [1.29, 1.82) is 0 Å². The van der Waals surface area contributed by atoms with Crippen LogP contribution in [0.1, 0.15) is 117 Å². The Hall–Kier alpha value is -0.690. The standard InChI is InChI=1S/C18H36O3.C6H14O3/c1-2-3-4-5-6-7-8-9-10-11-12-13-14-15-16-17(19)18(20)21;1-2-6(3-7,4-8)5-9/h17,19H,2-16H2,1H3,(H,20,21);7-9H,2-5H2,1H3. The summed E-state index contributed by atoms with van der Waals surface area (Å²) in [7, 11) is 0. The molecular formula is C24H50O6. The highest BCUT2D eigenvalue weighted by Gasteiger charge is 2.24. The molecule has 1 unspecified atom stereocenters. The average Bonchev–Trinajstić information content (AvgIpc) is 2.76. The molecule has 5 N–H and O–H groups in total. The van der Waals surface area contributed by atoms with Gasteiger partial charge in [-0.3, -0.25) is 0 Å². The SMILES string of the molecule is CCC(CO)(CO)CO.CCCCCCCCCCCCCCCCC(O)C(=O)O. The molecule has 0 saturated heterocycles. The molecule has 0 aromatic heterocycles. The predicted octanol–water partition coefficient (Wildman–Crippen LogP) is 4.66. The van der Waals surface area contributed by atoms with Crippen LogP contribution in [0.3, 0.4) is 0 Å². The van der Waals surface area contributed by atoms with Gasteiger partial charge in [-0.2, -0.15) is 0 Å². The fraction of sp³-hybridized carbons (Fsp3) is 0.958. The maximum Gasteiger partial charge on any atom is 0.332 e. The van der Waals surface area contributed by atoms with Crippen LogP contribution in [0.2, 0.25) is 0 Å². The molecule has 0 aliphatic carbocycles. The van der Waals surface area contributed by atoms with E-state index < -0.39 is 17.5 Å². The fourth-order valence-corrected chi connectivity index (χ4v) is 3.14. The summed E-state index contributed by atoms with van der Waals surface area (Å²) >= 11 is 0. The van der Waals surface area contributed by atoms with Gasteiger partial charge in [-0.1, -0.05) is 104 Å². The Morgan fingerprint density at radius 2 is 1.00 bits per heavy atom. The molecular weight excluding hydrogens is 384 g/mol. The number of carboxylic acids is 1. The number of carboxylic acid groups (broad SMARTS) is 1. The highest BCUT2D eigenvalue weighted by molar-refractivity contribution is 5.71. The minimum atomic E-state index is -1.16. The summed E-state index contributed by atoms with van der Waals surface area (Å²) in [6.45, 7) is 3.61. The van der Waals surface area contributed by atoms with Gasteiger partial charge in [0.2, 0.25) is 0 Å². The van der Waals surface area contributed by atoms with Crippen LogP contribution in [0.5, 0.6) is 0 Å². The minimum absolute atomic E-state index is 0.156. The number of carbonyl (C=O) groups is 1. The van der Waals surface area contributed by atoms with Gasteiger partial charge in [0.05, 0.1) is 19.8 Å². The zero-order valence-corrected chi connectivity index (χ0v) is 19.7. The van der Waals surface area contributed by atoms with Crippen molar-refractivity contribution in [2.75, 3.05) is 19.8 Å². The number of aliphatic hydroxyl groups excluding tert-OH is 4. The Bertz CT molecular complexity index is 340. The first kappa shape index (κ1) is 31.5. The van der Waals surface area contributed by atoms with E-state index in [0.29, 0.717) is 12.8 Å². The summed E-state index contributed by atoms with van der Waals surface area (Å²) in [5, 5.41) is 43.6. The van der Waals surface area contributed by atoms with Crippen molar-refractivity contribution < 1.29 is 30.3 Å². The number of hydrogen-bond donors (Lipinski definition) is 5. The van der Waals surface area contributed by atoms with Crippen molar-refractivity contribution in [3.8, 4) is 0 Å². The van der Waals surface area contributed by atoms with Gasteiger partial charge in [0.1, 0.15) is 0 Å². The third-order valence-corrected chi connectivity index (χ3v) is 5.87. The molecule has 0 bridgehead atoms. The van der Waals surface area contributed by atoms with Gasteiger partial charge < -0.3 is 25.5 Å². The van der Waals surface area contributed by atoms with E-state index in [4.69, 9.17) is 25.5 Å². The monoisotopic (exact) mass is 434 g/mol. The maximum absolute atomic E-state index is 10.4. The highest BCUT2D eigenvalue weighted by Crippen LogP contribution is 2.18. The molecule has 0 radical (unpaired) electrons. The lowest BCUT2D eigenvalue weighted by atomic mass is 9.88. The second kappa shape index (κ2) is 23.0. The normalized spacial score (nSPS) is 12.3. The van der Waals surface area contributed by atoms with E-state index in [2.05, 4.69) is 6.92 Å². The fourth-order valence-electron chi connectivity index (χ4n) is 3.14. The van der Waals surface area contributed by atoms with E-state index in [1.807, 2.05) is 6.92 Å². The Kier molecular flexibility index (Phi) is 24.1. The van der Waals surface area contributed by atoms with Gasteiger partial charge in [0, 0.05) is 5.41 Å². The summed E-state index contributed by atoms with van der Waals surface area (Å²) < 4.78 is 0. The van der Waals surface area contributed by atoms with Crippen molar-refractivity contribution in [3.63, 3.8) is 0 Å². The van der Waals surface area contributed by atoms with E-state index in [9.17, 15) is 4.79 Å². The average molecular weight is 435 g/mol. The summed E-state index contributed by atoms with van der Waals surface area (Å²) in [4.78, 5) is 10.4. The summed E-state index contributed by atoms with van der Waals surface area (Å²) in [5.74, 6) is -1.09. The molecule has 6 heteroatoms. The lowest BCUT2D eigenvalue weighted by Crippen LogP contribution is -2.32. The largest absolute Gasteiger partial charge is 0.479 e. The summed E-state index contributed by atoms with van der Waals surface area (Å²) in [6, 6.07) is 0. The van der Waals surface area contributed by atoms with E-state index in [1.165, 1.54) is 77.0 Å². The molecule has 0 aliphatic rings.